The van der Waals surface area contributed by atoms with Gasteiger partial charge in [0.25, 0.3) is 0 Å². The van der Waals surface area contributed by atoms with Gasteiger partial charge in [-0.05, 0) is 72.4 Å². The Morgan fingerprint density at radius 2 is 1.81 bits per heavy atom. The molecule has 2 heterocycles. The maximum Gasteiger partial charge on any atom is 0.125 e. The lowest BCUT2D eigenvalue weighted by Crippen LogP contribution is -2.25. The molecule has 1 aromatic heterocycles. The van der Waals surface area contributed by atoms with Gasteiger partial charge in [0.05, 0.1) is 28.2 Å². The number of para-hydroxylation sites is 2. The number of benzene rings is 3. The quantitative estimate of drug-likeness (QED) is 0.302. The molecule has 2 unspecified atom stereocenters. The van der Waals surface area contributed by atoms with Crippen molar-refractivity contribution in [3.63, 3.8) is 0 Å². The van der Waals surface area contributed by atoms with E-state index in [-0.39, 0.29) is 5.82 Å². The molecule has 174 valence electrons. The third kappa shape index (κ3) is 2.90. The number of rotatable bonds is 2. The molecule has 0 radical (unpaired) electrons. The molecule has 0 saturated carbocycles. The lowest BCUT2D eigenvalue weighted by Gasteiger charge is -2.32. The average molecular weight is 470 g/mol. The molecular formula is C32H24FN3. The summed E-state index contributed by atoms with van der Waals surface area (Å²) in [5, 5.41) is 11.0. The number of nitriles is 1. The van der Waals surface area contributed by atoms with Gasteiger partial charge in [0.1, 0.15) is 11.9 Å². The Kier molecular flexibility index (Phi) is 4.56. The van der Waals surface area contributed by atoms with Crippen molar-refractivity contribution in [1.29, 1.82) is 5.26 Å². The fourth-order valence-electron chi connectivity index (χ4n) is 6.26. The van der Waals surface area contributed by atoms with Crippen molar-refractivity contribution in [1.82, 2.24) is 4.57 Å². The predicted molar refractivity (Wildman–Crippen MR) is 142 cm³/mol. The first-order chi connectivity index (χ1) is 17.7. The number of nitrogens with zero attached hydrogens (tertiary/aromatic N) is 3. The molecule has 0 saturated heterocycles. The molecule has 1 aliphatic heterocycles. The van der Waals surface area contributed by atoms with Gasteiger partial charge in [-0.15, -0.1) is 0 Å². The van der Waals surface area contributed by atoms with Crippen molar-refractivity contribution in [3.8, 4) is 11.8 Å². The molecule has 0 spiro atoms. The number of halogens is 1. The molecule has 2 aliphatic carbocycles. The molecule has 2 atom stereocenters. The van der Waals surface area contributed by atoms with E-state index >= 15 is 0 Å². The van der Waals surface area contributed by atoms with E-state index in [1.165, 1.54) is 22.5 Å². The molecule has 3 aromatic carbocycles. The van der Waals surface area contributed by atoms with Crippen LogP contribution in [0.25, 0.3) is 22.3 Å². The summed E-state index contributed by atoms with van der Waals surface area (Å²) in [6, 6.07) is 23.7. The third-order valence-electron chi connectivity index (χ3n) is 7.70. The highest BCUT2D eigenvalue weighted by Crippen LogP contribution is 2.52. The Balaban J connectivity index is 1.58. The second-order valence-electron chi connectivity index (χ2n) is 9.89. The van der Waals surface area contributed by atoms with Crippen LogP contribution < -0.4 is 4.90 Å². The van der Waals surface area contributed by atoms with Crippen LogP contribution >= 0.6 is 0 Å². The molecule has 4 heteroatoms. The van der Waals surface area contributed by atoms with Gasteiger partial charge in [0, 0.05) is 22.7 Å². The maximum absolute atomic E-state index is 14.7. The van der Waals surface area contributed by atoms with Crippen LogP contribution in [-0.2, 0) is 6.42 Å². The highest BCUT2D eigenvalue weighted by Gasteiger charge is 2.39. The first kappa shape index (κ1) is 21.0. The lowest BCUT2D eigenvalue weighted by molar-refractivity contribution is 0.629. The minimum absolute atomic E-state index is 0.279. The minimum Gasteiger partial charge on any atom is -0.311 e. The van der Waals surface area contributed by atoms with Crippen molar-refractivity contribution in [2.75, 3.05) is 4.90 Å². The maximum atomic E-state index is 14.7. The summed E-state index contributed by atoms with van der Waals surface area (Å²) in [4.78, 5) is 2.40. The molecule has 7 rings (SSSR count). The van der Waals surface area contributed by atoms with Crippen LogP contribution in [0.5, 0.6) is 0 Å². The SMILES string of the molecule is CC1C=C(N2C3=CC=CCC3c3ccccc32)c2c(c3ccc(F)cc3n2-c2ccccc2C#N)C1. The Morgan fingerprint density at radius 1 is 1.00 bits per heavy atom. The molecule has 0 bridgehead atoms. The van der Waals surface area contributed by atoms with Gasteiger partial charge in [-0.1, -0.05) is 55.5 Å². The zero-order valence-electron chi connectivity index (χ0n) is 19.9. The van der Waals surface area contributed by atoms with E-state index in [2.05, 4.69) is 71.0 Å². The minimum atomic E-state index is -0.279. The number of hydrogen-bond acceptors (Lipinski definition) is 2. The summed E-state index contributed by atoms with van der Waals surface area (Å²) in [7, 11) is 0. The average Bonchev–Trinajstić information content (AvgIpc) is 3.40. The van der Waals surface area contributed by atoms with Gasteiger partial charge in [0.15, 0.2) is 0 Å². The van der Waals surface area contributed by atoms with E-state index < -0.39 is 0 Å². The van der Waals surface area contributed by atoms with Crippen LogP contribution in [0.2, 0.25) is 0 Å². The van der Waals surface area contributed by atoms with Crippen molar-refractivity contribution in [2.45, 2.75) is 25.7 Å². The van der Waals surface area contributed by atoms with Gasteiger partial charge in [0.2, 0.25) is 0 Å². The van der Waals surface area contributed by atoms with Crippen LogP contribution in [0.4, 0.5) is 10.1 Å². The van der Waals surface area contributed by atoms with Crippen LogP contribution in [0, 0.1) is 23.1 Å². The number of aromatic nitrogens is 1. The normalized spacial score (nSPS) is 19.9. The first-order valence-electron chi connectivity index (χ1n) is 12.5. The van der Waals surface area contributed by atoms with Gasteiger partial charge < -0.3 is 9.47 Å². The lowest BCUT2D eigenvalue weighted by atomic mass is 9.89. The smallest absolute Gasteiger partial charge is 0.125 e. The topological polar surface area (TPSA) is 32.0 Å². The molecule has 4 aromatic rings. The second-order valence-corrected chi connectivity index (χ2v) is 9.89. The van der Waals surface area contributed by atoms with Crippen LogP contribution in [0.15, 0.2) is 96.7 Å². The molecule has 0 fully saturated rings. The summed E-state index contributed by atoms with van der Waals surface area (Å²) < 4.78 is 16.8. The van der Waals surface area contributed by atoms with E-state index in [0.29, 0.717) is 17.4 Å². The highest BCUT2D eigenvalue weighted by molar-refractivity contribution is 5.98. The highest BCUT2D eigenvalue weighted by atomic mass is 19.1. The van der Waals surface area contributed by atoms with E-state index in [1.54, 1.807) is 12.1 Å². The van der Waals surface area contributed by atoms with Crippen LogP contribution in [-0.4, -0.2) is 4.57 Å². The van der Waals surface area contributed by atoms with Gasteiger partial charge >= 0.3 is 0 Å². The van der Waals surface area contributed by atoms with E-state index in [1.807, 2.05) is 30.3 Å². The fourth-order valence-corrected chi connectivity index (χ4v) is 6.26. The van der Waals surface area contributed by atoms with Crippen molar-refractivity contribution in [3.05, 3.63) is 125 Å². The zero-order chi connectivity index (χ0) is 24.4. The largest absolute Gasteiger partial charge is 0.311 e. The van der Waals surface area contributed by atoms with Crippen LogP contribution in [0.3, 0.4) is 0 Å². The number of anilines is 1. The Morgan fingerprint density at radius 3 is 2.67 bits per heavy atom. The van der Waals surface area contributed by atoms with Gasteiger partial charge in [-0.25, -0.2) is 4.39 Å². The fraction of sp³-hybridized carbons (Fsp3) is 0.156. The molecule has 0 amide bonds. The Bertz CT molecular complexity index is 1690. The summed E-state index contributed by atoms with van der Waals surface area (Å²) >= 11 is 0. The summed E-state index contributed by atoms with van der Waals surface area (Å²) in [6.45, 7) is 2.24. The molecule has 3 nitrogen and oxygen atoms in total. The molecular weight excluding hydrogens is 445 g/mol. The molecule has 0 N–H and O–H groups in total. The Labute approximate surface area is 209 Å². The summed E-state index contributed by atoms with van der Waals surface area (Å²) in [5.74, 6) is 0.349. The third-order valence-corrected chi connectivity index (χ3v) is 7.70. The van der Waals surface area contributed by atoms with E-state index in [4.69, 9.17) is 0 Å². The predicted octanol–water partition coefficient (Wildman–Crippen LogP) is 7.62. The van der Waals surface area contributed by atoms with E-state index in [0.717, 1.165) is 40.8 Å². The standard InChI is InChI=1S/C32H24FN3/c1-20-16-26-25-15-14-22(33)18-30(25)36(27-11-5-2-8-21(27)19-34)32(26)31(17-20)35-28-12-6-3-9-23(28)24-10-4-7-13-29(24)35/h2-9,11-15,17-18,20,24H,10,16H2,1H3. The van der Waals surface area contributed by atoms with Crippen LogP contribution in [0.1, 0.15) is 41.6 Å². The van der Waals surface area contributed by atoms with Crippen molar-refractivity contribution in [2.24, 2.45) is 5.92 Å². The van der Waals surface area contributed by atoms with E-state index in [9.17, 15) is 9.65 Å². The summed E-state index contributed by atoms with van der Waals surface area (Å²) in [6.07, 6.45) is 10.8. The summed E-state index contributed by atoms with van der Waals surface area (Å²) in [5.41, 5.74) is 9.28. The molecule has 36 heavy (non-hydrogen) atoms. The second kappa shape index (κ2) is 7.83. The van der Waals surface area contributed by atoms with Crippen molar-refractivity contribution < 1.29 is 4.39 Å². The monoisotopic (exact) mass is 469 g/mol. The number of fused-ring (bicyclic) bond motifs is 6. The zero-order valence-corrected chi connectivity index (χ0v) is 19.9. The van der Waals surface area contributed by atoms with Crippen molar-refractivity contribution >= 4 is 22.3 Å². The number of hydrogen-bond donors (Lipinski definition) is 0. The first-order valence-corrected chi connectivity index (χ1v) is 12.5. The number of allylic oxidation sites excluding steroid dienone is 5. The van der Waals surface area contributed by atoms with Gasteiger partial charge in [-0.3, -0.25) is 0 Å². The Hall–Kier alpha value is -4.36. The molecule has 3 aliphatic rings. The van der Waals surface area contributed by atoms with Gasteiger partial charge in [-0.2, -0.15) is 5.26 Å².